The number of benzene rings is 1. The van der Waals surface area contributed by atoms with E-state index >= 15 is 0 Å². The standard InChI is InChI=1S/C17H13N5O4/c1-21-13-6-3-2-5-12(13)20-16(21)11(9-18)14(23)10-26-15-7-4-8-19-17(15)22(24)25/h2-8,23H,10H2,1H3/b14-11-. The molecule has 0 aliphatic carbocycles. The van der Waals surface area contributed by atoms with Gasteiger partial charge in [-0.05, 0) is 34.2 Å². The van der Waals surface area contributed by atoms with Crippen LogP contribution in [0.3, 0.4) is 0 Å². The number of imidazole rings is 1. The maximum atomic E-state index is 10.9. The molecule has 0 aliphatic heterocycles. The highest BCUT2D eigenvalue weighted by Crippen LogP contribution is 2.25. The number of ether oxygens (including phenoxy) is 1. The third-order valence-electron chi connectivity index (χ3n) is 3.70. The number of hydrogen-bond acceptors (Lipinski definition) is 7. The second kappa shape index (κ2) is 6.90. The van der Waals surface area contributed by atoms with E-state index in [9.17, 15) is 20.5 Å². The zero-order valence-corrected chi connectivity index (χ0v) is 13.7. The summed E-state index contributed by atoms with van der Waals surface area (Å²) < 4.78 is 6.96. The molecule has 0 saturated carbocycles. The number of aliphatic hydroxyl groups is 1. The molecule has 9 nitrogen and oxygen atoms in total. The predicted molar refractivity (Wildman–Crippen MR) is 92.3 cm³/mol. The average Bonchev–Trinajstić information content (AvgIpc) is 2.98. The van der Waals surface area contributed by atoms with Gasteiger partial charge in [-0.2, -0.15) is 5.26 Å². The number of nitrogens with zero attached hydrogens (tertiary/aromatic N) is 5. The normalized spacial score (nSPS) is 11.7. The molecule has 2 aromatic heterocycles. The molecule has 1 aromatic carbocycles. The van der Waals surface area contributed by atoms with E-state index in [1.165, 1.54) is 18.3 Å². The molecule has 9 heteroatoms. The third-order valence-corrected chi connectivity index (χ3v) is 3.70. The van der Waals surface area contributed by atoms with Crippen molar-refractivity contribution in [2.75, 3.05) is 6.61 Å². The minimum absolute atomic E-state index is 0.0738. The van der Waals surface area contributed by atoms with Crippen LogP contribution in [0.4, 0.5) is 5.82 Å². The van der Waals surface area contributed by atoms with Crippen LogP contribution in [0.15, 0.2) is 48.4 Å². The first-order chi connectivity index (χ1) is 12.5. The first-order valence-corrected chi connectivity index (χ1v) is 7.49. The molecular formula is C17H13N5O4. The highest BCUT2D eigenvalue weighted by atomic mass is 16.6. The van der Waals surface area contributed by atoms with E-state index in [4.69, 9.17) is 4.74 Å². The fourth-order valence-electron chi connectivity index (χ4n) is 2.46. The van der Waals surface area contributed by atoms with Gasteiger partial charge in [0.1, 0.15) is 24.4 Å². The summed E-state index contributed by atoms with van der Waals surface area (Å²) in [5, 5.41) is 30.7. The Morgan fingerprint density at radius 1 is 1.38 bits per heavy atom. The van der Waals surface area contributed by atoms with Crippen LogP contribution in [0.2, 0.25) is 0 Å². The average molecular weight is 351 g/mol. The first-order valence-electron chi connectivity index (χ1n) is 7.49. The number of fused-ring (bicyclic) bond motifs is 1. The Labute approximate surface area is 147 Å². The minimum Gasteiger partial charge on any atom is -0.507 e. The molecule has 2 heterocycles. The summed E-state index contributed by atoms with van der Waals surface area (Å²) in [6.07, 6.45) is 1.26. The van der Waals surface area contributed by atoms with Crippen molar-refractivity contribution in [2.24, 2.45) is 7.05 Å². The molecule has 0 unspecified atom stereocenters. The van der Waals surface area contributed by atoms with E-state index in [0.717, 1.165) is 5.52 Å². The summed E-state index contributed by atoms with van der Waals surface area (Å²) in [4.78, 5) is 18.2. The van der Waals surface area contributed by atoms with E-state index in [1.807, 2.05) is 24.3 Å². The van der Waals surface area contributed by atoms with E-state index in [-0.39, 0.29) is 22.9 Å². The number of aromatic nitrogens is 3. The first kappa shape index (κ1) is 16.9. The Kier molecular flexibility index (Phi) is 4.49. The lowest BCUT2D eigenvalue weighted by molar-refractivity contribution is -0.390. The van der Waals surface area contributed by atoms with E-state index in [2.05, 4.69) is 9.97 Å². The van der Waals surface area contributed by atoms with Crippen molar-refractivity contribution < 1.29 is 14.8 Å². The van der Waals surface area contributed by atoms with Crippen LogP contribution in [0.1, 0.15) is 5.82 Å². The molecule has 26 heavy (non-hydrogen) atoms. The monoisotopic (exact) mass is 351 g/mol. The second-order valence-electron chi connectivity index (χ2n) is 5.29. The van der Waals surface area contributed by atoms with Gasteiger partial charge in [0, 0.05) is 7.05 Å². The molecule has 0 radical (unpaired) electrons. The fraction of sp³-hybridized carbons (Fsp3) is 0.118. The SMILES string of the molecule is Cn1c(/C(C#N)=C(\O)COc2cccnc2[N+](=O)[O-])nc2ccccc21. The quantitative estimate of drug-likeness (QED) is 0.324. The number of aryl methyl sites for hydroxylation is 1. The van der Waals surface area contributed by atoms with Crippen molar-refractivity contribution >= 4 is 22.4 Å². The van der Waals surface area contributed by atoms with Gasteiger partial charge in [-0.3, -0.25) is 0 Å². The highest BCUT2D eigenvalue weighted by Gasteiger charge is 2.19. The zero-order chi connectivity index (χ0) is 18.7. The minimum atomic E-state index is -0.688. The topological polar surface area (TPSA) is 127 Å². The van der Waals surface area contributed by atoms with Crippen LogP contribution in [0.5, 0.6) is 5.75 Å². The molecule has 0 spiro atoms. The molecule has 0 amide bonds. The zero-order valence-electron chi connectivity index (χ0n) is 13.7. The van der Waals surface area contributed by atoms with Gasteiger partial charge in [-0.1, -0.05) is 12.1 Å². The van der Waals surface area contributed by atoms with Crippen molar-refractivity contribution in [1.82, 2.24) is 14.5 Å². The molecule has 3 aromatic rings. The molecule has 0 fully saturated rings. The maximum Gasteiger partial charge on any atom is 0.406 e. The van der Waals surface area contributed by atoms with Crippen LogP contribution in [-0.2, 0) is 7.05 Å². The van der Waals surface area contributed by atoms with Gasteiger partial charge >= 0.3 is 5.82 Å². The van der Waals surface area contributed by atoms with Crippen LogP contribution < -0.4 is 4.74 Å². The maximum absolute atomic E-state index is 10.9. The summed E-state index contributed by atoms with van der Waals surface area (Å²) in [6, 6.07) is 12.0. The smallest absolute Gasteiger partial charge is 0.406 e. The van der Waals surface area contributed by atoms with Gasteiger partial charge in [-0.15, -0.1) is 0 Å². The number of nitriles is 1. The summed E-state index contributed by atoms with van der Waals surface area (Å²) in [6.45, 7) is -0.432. The van der Waals surface area contributed by atoms with Gasteiger partial charge in [-0.25, -0.2) is 4.98 Å². The lowest BCUT2D eigenvalue weighted by atomic mass is 10.2. The predicted octanol–water partition coefficient (Wildman–Crippen LogP) is 2.75. The Morgan fingerprint density at radius 3 is 2.85 bits per heavy atom. The Bertz CT molecular complexity index is 1060. The van der Waals surface area contributed by atoms with Crippen molar-refractivity contribution in [3.8, 4) is 11.8 Å². The van der Waals surface area contributed by atoms with Crippen LogP contribution in [-0.4, -0.2) is 31.2 Å². The molecule has 0 atom stereocenters. The van der Waals surface area contributed by atoms with E-state index < -0.39 is 17.3 Å². The van der Waals surface area contributed by atoms with Gasteiger partial charge in [0.05, 0.1) is 11.0 Å². The lowest BCUT2D eigenvalue weighted by Gasteiger charge is -2.07. The molecule has 3 rings (SSSR count). The van der Waals surface area contributed by atoms with Gasteiger partial charge < -0.3 is 24.5 Å². The fourth-order valence-corrected chi connectivity index (χ4v) is 2.46. The number of rotatable bonds is 5. The van der Waals surface area contributed by atoms with Gasteiger partial charge in [0.2, 0.25) is 5.75 Å². The molecule has 130 valence electrons. The number of nitro groups is 1. The van der Waals surface area contributed by atoms with Crippen LogP contribution in [0.25, 0.3) is 16.6 Å². The number of pyridine rings is 1. The van der Waals surface area contributed by atoms with Crippen molar-refractivity contribution in [3.63, 3.8) is 0 Å². The molecule has 1 N–H and O–H groups in total. The summed E-state index contributed by atoms with van der Waals surface area (Å²) in [5.41, 5.74) is 1.40. The van der Waals surface area contributed by atoms with Gasteiger partial charge in [0.25, 0.3) is 0 Å². The summed E-state index contributed by atoms with van der Waals surface area (Å²) >= 11 is 0. The number of allylic oxidation sites excluding steroid dienone is 1. The van der Waals surface area contributed by atoms with Crippen molar-refractivity contribution in [1.29, 1.82) is 5.26 Å². The number of hydrogen-bond donors (Lipinski definition) is 1. The van der Waals surface area contributed by atoms with E-state index in [0.29, 0.717) is 5.52 Å². The number of para-hydroxylation sites is 2. The lowest BCUT2D eigenvalue weighted by Crippen LogP contribution is -2.07. The van der Waals surface area contributed by atoms with Crippen LogP contribution >= 0.6 is 0 Å². The third kappa shape index (κ3) is 3.03. The van der Waals surface area contributed by atoms with Gasteiger partial charge in [0.15, 0.2) is 11.6 Å². The molecule has 0 bridgehead atoms. The largest absolute Gasteiger partial charge is 0.507 e. The summed E-state index contributed by atoms with van der Waals surface area (Å²) in [7, 11) is 1.72. The highest BCUT2D eigenvalue weighted by molar-refractivity contribution is 5.83. The Hall–Kier alpha value is -3.93. The van der Waals surface area contributed by atoms with Crippen molar-refractivity contribution in [2.45, 2.75) is 0 Å². The molecular weight excluding hydrogens is 338 g/mol. The Morgan fingerprint density at radius 2 is 2.15 bits per heavy atom. The molecule has 0 aliphatic rings. The van der Waals surface area contributed by atoms with Crippen molar-refractivity contribution in [3.05, 3.63) is 64.3 Å². The molecule has 0 saturated heterocycles. The van der Waals surface area contributed by atoms with Crippen LogP contribution in [0, 0.1) is 21.4 Å². The second-order valence-corrected chi connectivity index (χ2v) is 5.29. The summed E-state index contributed by atoms with van der Waals surface area (Å²) in [5.74, 6) is -0.688. The van der Waals surface area contributed by atoms with E-state index in [1.54, 1.807) is 17.7 Å². The number of aliphatic hydroxyl groups excluding tert-OH is 1. The Balaban J connectivity index is 1.94.